The van der Waals surface area contributed by atoms with Gasteiger partial charge in [0, 0.05) is 31.7 Å². The Morgan fingerprint density at radius 3 is 2.16 bits per heavy atom. The number of hydrogen-bond acceptors (Lipinski definition) is 3. The van der Waals surface area contributed by atoms with Gasteiger partial charge in [-0.25, -0.2) is 0 Å². The molecule has 1 aliphatic rings. The van der Waals surface area contributed by atoms with Crippen molar-refractivity contribution in [3.8, 4) is 0 Å². The monoisotopic (exact) mass is 270 g/mol. The van der Waals surface area contributed by atoms with Gasteiger partial charge in [-0.3, -0.25) is 14.5 Å². The molecule has 19 heavy (non-hydrogen) atoms. The molecule has 1 unspecified atom stereocenters. The zero-order valence-electron chi connectivity index (χ0n) is 12.5. The summed E-state index contributed by atoms with van der Waals surface area (Å²) in [5.74, 6) is -0.727. The highest BCUT2D eigenvalue weighted by Crippen LogP contribution is 2.27. The third kappa shape index (κ3) is 3.93. The van der Waals surface area contributed by atoms with E-state index in [2.05, 4.69) is 32.6 Å². The van der Waals surface area contributed by atoms with E-state index in [1.54, 1.807) is 4.90 Å². The summed E-state index contributed by atoms with van der Waals surface area (Å²) in [5, 5.41) is 8.64. The van der Waals surface area contributed by atoms with Crippen LogP contribution in [0.15, 0.2) is 0 Å². The van der Waals surface area contributed by atoms with E-state index in [0.717, 1.165) is 19.5 Å². The number of rotatable bonds is 5. The Labute approximate surface area is 115 Å². The van der Waals surface area contributed by atoms with Gasteiger partial charge in [0.2, 0.25) is 5.91 Å². The number of carbonyl (C=O) groups is 2. The Kier molecular flexibility index (Phi) is 5.35. The first-order valence-corrected chi connectivity index (χ1v) is 7.03. The molecule has 0 aromatic heterocycles. The van der Waals surface area contributed by atoms with Crippen molar-refractivity contribution in [2.24, 2.45) is 5.92 Å². The third-order valence-corrected chi connectivity index (χ3v) is 4.57. The fourth-order valence-electron chi connectivity index (χ4n) is 2.58. The van der Waals surface area contributed by atoms with Crippen molar-refractivity contribution in [3.05, 3.63) is 0 Å². The van der Waals surface area contributed by atoms with Crippen LogP contribution in [0.5, 0.6) is 0 Å². The second kappa shape index (κ2) is 6.37. The molecule has 0 bridgehead atoms. The number of carboxylic acid groups (broad SMARTS) is 1. The van der Waals surface area contributed by atoms with Crippen LogP contribution in [0, 0.1) is 5.92 Å². The molecule has 1 saturated heterocycles. The second-order valence-electron chi connectivity index (χ2n) is 5.90. The van der Waals surface area contributed by atoms with E-state index in [9.17, 15) is 9.59 Å². The van der Waals surface area contributed by atoms with Crippen molar-refractivity contribution >= 4 is 11.9 Å². The summed E-state index contributed by atoms with van der Waals surface area (Å²) in [6.07, 6.45) is 0.736. The number of nitrogens with zero attached hydrogens (tertiary/aromatic N) is 2. The Balaban J connectivity index is 2.53. The molecule has 1 atom stereocenters. The predicted octanol–water partition coefficient (Wildman–Crippen LogP) is 1.43. The Hall–Kier alpha value is -1.10. The van der Waals surface area contributed by atoms with Crippen LogP contribution in [0.3, 0.4) is 0 Å². The van der Waals surface area contributed by atoms with Crippen LogP contribution < -0.4 is 0 Å². The molecular formula is C14H26N2O3. The lowest BCUT2D eigenvalue weighted by atomic mass is 9.85. The molecule has 1 N–H and O–H groups in total. The Bertz CT molecular complexity index is 334. The molecule has 1 heterocycles. The molecule has 5 heteroatoms. The lowest BCUT2D eigenvalue weighted by molar-refractivity contribution is -0.145. The molecule has 1 amide bonds. The summed E-state index contributed by atoms with van der Waals surface area (Å²) >= 11 is 0. The van der Waals surface area contributed by atoms with E-state index in [4.69, 9.17) is 5.11 Å². The first-order chi connectivity index (χ1) is 8.78. The number of piperazine rings is 1. The van der Waals surface area contributed by atoms with Crippen LogP contribution in [-0.2, 0) is 9.59 Å². The zero-order chi connectivity index (χ0) is 14.6. The van der Waals surface area contributed by atoms with E-state index in [1.165, 1.54) is 0 Å². The van der Waals surface area contributed by atoms with E-state index in [-0.39, 0.29) is 11.4 Å². The first kappa shape index (κ1) is 16.0. The van der Waals surface area contributed by atoms with Crippen LogP contribution in [0.1, 0.15) is 40.5 Å². The SMILES string of the molecule is CCC(C)C(C)(C)N1CCN(C(=O)CC(=O)O)CC1. The highest BCUT2D eigenvalue weighted by molar-refractivity contribution is 5.93. The van der Waals surface area contributed by atoms with Gasteiger partial charge >= 0.3 is 5.97 Å². The molecule has 0 radical (unpaired) electrons. The van der Waals surface area contributed by atoms with Crippen molar-refractivity contribution in [1.29, 1.82) is 0 Å². The standard InChI is InChI=1S/C14H26N2O3/c1-5-11(2)14(3,4)16-8-6-15(7-9-16)12(17)10-13(18)19/h11H,5-10H2,1-4H3,(H,18,19). The summed E-state index contributed by atoms with van der Waals surface area (Å²) in [5.41, 5.74) is 0.122. The molecule has 1 aliphatic heterocycles. The normalized spacial score (nSPS) is 19.3. The second-order valence-corrected chi connectivity index (χ2v) is 5.90. The maximum absolute atomic E-state index is 11.7. The summed E-state index contributed by atoms with van der Waals surface area (Å²) in [6.45, 7) is 11.8. The van der Waals surface area contributed by atoms with Gasteiger partial charge in [0.1, 0.15) is 6.42 Å². The minimum absolute atomic E-state index is 0.122. The largest absolute Gasteiger partial charge is 0.481 e. The predicted molar refractivity (Wildman–Crippen MR) is 73.9 cm³/mol. The van der Waals surface area contributed by atoms with Crippen molar-refractivity contribution in [2.45, 2.75) is 46.1 Å². The van der Waals surface area contributed by atoms with Gasteiger partial charge in [0.05, 0.1) is 0 Å². The lowest BCUT2D eigenvalue weighted by Crippen LogP contribution is -2.58. The van der Waals surface area contributed by atoms with Gasteiger partial charge in [-0.05, 0) is 19.8 Å². The molecule has 0 spiro atoms. The minimum atomic E-state index is -1.05. The van der Waals surface area contributed by atoms with Crippen LogP contribution in [0.2, 0.25) is 0 Å². The molecule has 1 rings (SSSR count). The number of hydrogen-bond donors (Lipinski definition) is 1. The number of aliphatic carboxylic acids is 1. The maximum atomic E-state index is 11.7. The molecule has 0 aromatic carbocycles. The van der Waals surface area contributed by atoms with Gasteiger partial charge < -0.3 is 10.0 Å². The van der Waals surface area contributed by atoms with Gasteiger partial charge in [0.15, 0.2) is 0 Å². The third-order valence-electron chi connectivity index (χ3n) is 4.57. The minimum Gasteiger partial charge on any atom is -0.481 e. The molecule has 0 saturated carbocycles. The average Bonchev–Trinajstić information content (AvgIpc) is 2.37. The van der Waals surface area contributed by atoms with Crippen LogP contribution in [0.4, 0.5) is 0 Å². The highest BCUT2D eigenvalue weighted by Gasteiger charge is 2.34. The molecule has 0 aliphatic carbocycles. The van der Waals surface area contributed by atoms with Crippen molar-refractivity contribution in [1.82, 2.24) is 9.80 Å². The maximum Gasteiger partial charge on any atom is 0.312 e. The van der Waals surface area contributed by atoms with E-state index in [1.807, 2.05) is 0 Å². The molecule has 110 valence electrons. The van der Waals surface area contributed by atoms with Crippen molar-refractivity contribution in [3.63, 3.8) is 0 Å². The lowest BCUT2D eigenvalue weighted by Gasteiger charge is -2.47. The zero-order valence-corrected chi connectivity index (χ0v) is 12.5. The topological polar surface area (TPSA) is 60.9 Å². The van der Waals surface area contributed by atoms with E-state index < -0.39 is 12.4 Å². The summed E-state index contributed by atoms with van der Waals surface area (Å²) in [6, 6.07) is 0. The molecule has 5 nitrogen and oxygen atoms in total. The quantitative estimate of drug-likeness (QED) is 0.768. The summed E-state index contributed by atoms with van der Waals surface area (Å²) < 4.78 is 0. The fraction of sp³-hybridized carbons (Fsp3) is 0.857. The first-order valence-electron chi connectivity index (χ1n) is 7.03. The Morgan fingerprint density at radius 2 is 1.74 bits per heavy atom. The summed E-state index contributed by atoms with van der Waals surface area (Å²) in [7, 11) is 0. The van der Waals surface area contributed by atoms with Crippen LogP contribution >= 0.6 is 0 Å². The molecule has 1 fully saturated rings. The van der Waals surface area contributed by atoms with E-state index >= 15 is 0 Å². The van der Waals surface area contributed by atoms with Crippen LogP contribution in [0.25, 0.3) is 0 Å². The van der Waals surface area contributed by atoms with Crippen molar-refractivity contribution in [2.75, 3.05) is 26.2 Å². The number of carbonyl (C=O) groups excluding carboxylic acids is 1. The van der Waals surface area contributed by atoms with Gasteiger partial charge in [0.25, 0.3) is 0 Å². The fourth-order valence-corrected chi connectivity index (χ4v) is 2.58. The Morgan fingerprint density at radius 1 is 1.21 bits per heavy atom. The smallest absolute Gasteiger partial charge is 0.312 e. The number of carboxylic acids is 1. The van der Waals surface area contributed by atoms with Gasteiger partial charge in [-0.1, -0.05) is 20.3 Å². The molecule has 0 aromatic rings. The highest BCUT2D eigenvalue weighted by atomic mass is 16.4. The van der Waals surface area contributed by atoms with Gasteiger partial charge in [-0.15, -0.1) is 0 Å². The van der Waals surface area contributed by atoms with Crippen LogP contribution in [-0.4, -0.2) is 58.5 Å². The average molecular weight is 270 g/mol. The molecular weight excluding hydrogens is 244 g/mol. The van der Waals surface area contributed by atoms with Gasteiger partial charge in [-0.2, -0.15) is 0 Å². The van der Waals surface area contributed by atoms with Crippen molar-refractivity contribution < 1.29 is 14.7 Å². The van der Waals surface area contributed by atoms with E-state index in [0.29, 0.717) is 19.0 Å². The number of amides is 1. The summed E-state index contributed by atoms with van der Waals surface area (Å²) in [4.78, 5) is 26.3.